The van der Waals surface area contributed by atoms with E-state index >= 15 is 0 Å². The zero-order chi connectivity index (χ0) is 40.2. The number of hydrogen-bond acceptors (Lipinski definition) is 10. The molecule has 3 aliphatic rings. The van der Waals surface area contributed by atoms with E-state index in [2.05, 4.69) is 32.5 Å². The van der Waals surface area contributed by atoms with Crippen LogP contribution >= 0.6 is 11.3 Å². The number of carbonyl (C=O) groups excluding carboxylic acids is 3. The molecule has 3 fully saturated rings. The number of halogens is 3. The average Bonchev–Trinajstić information content (AvgIpc) is 3.92. The molecule has 5 aromatic rings. The van der Waals surface area contributed by atoms with Crippen LogP contribution in [0.15, 0.2) is 46.7 Å². The normalized spacial score (nSPS) is 21.1. The number of alkyl halides is 3. The fourth-order valence-corrected chi connectivity index (χ4v) is 9.49. The molecule has 3 aromatic heterocycles. The third-order valence-electron chi connectivity index (χ3n) is 11.8. The Morgan fingerprint density at radius 3 is 2.51 bits per heavy atom. The minimum Gasteiger partial charge on any atom is -0.494 e. The van der Waals surface area contributed by atoms with Gasteiger partial charge in [-0.3, -0.25) is 33.5 Å². The number of amides is 3. The van der Waals surface area contributed by atoms with Crippen LogP contribution in [0.25, 0.3) is 21.9 Å². The summed E-state index contributed by atoms with van der Waals surface area (Å²) >= 11 is 0.371. The molecule has 3 amide bonds. The van der Waals surface area contributed by atoms with Crippen molar-refractivity contribution in [3.8, 4) is 5.75 Å². The van der Waals surface area contributed by atoms with Gasteiger partial charge in [0.2, 0.25) is 11.8 Å². The van der Waals surface area contributed by atoms with Gasteiger partial charge in [-0.1, -0.05) is 6.07 Å². The largest absolute Gasteiger partial charge is 0.494 e. The molecule has 5 heterocycles. The van der Waals surface area contributed by atoms with Crippen molar-refractivity contribution < 1.29 is 32.3 Å². The lowest BCUT2D eigenvalue weighted by Gasteiger charge is -2.40. The molecule has 1 unspecified atom stereocenters. The molecule has 2 aliphatic heterocycles. The van der Waals surface area contributed by atoms with E-state index in [4.69, 9.17) is 9.84 Å². The molecule has 14 nitrogen and oxygen atoms in total. The second kappa shape index (κ2) is 15.3. The van der Waals surface area contributed by atoms with Crippen molar-refractivity contribution in [1.29, 1.82) is 0 Å². The molecule has 1 atom stereocenters. The van der Waals surface area contributed by atoms with Crippen molar-refractivity contribution in [3.63, 3.8) is 0 Å². The topological polar surface area (TPSA) is 149 Å². The first-order valence-electron chi connectivity index (χ1n) is 19.2. The maximum absolute atomic E-state index is 13.4. The molecule has 8 rings (SSSR count). The van der Waals surface area contributed by atoms with Crippen molar-refractivity contribution in [2.45, 2.75) is 75.7 Å². The fourth-order valence-electron chi connectivity index (χ4n) is 8.82. The number of imidazole rings is 1. The molecule has 0 radical (unpaired) electrons. The third kappa shape index (κ3) is 7.51. The Morgan fingerprint density at radius 1 is 1.07 bits per heavy atom. The summed E-state index contributed by atoms with van der Waals surface area (Å²) in [5, 5.41) is 10.6. The van der Waals surface area contributed by atoms with Gasteiger partial charge in [-0.15, -0.1) is 11.3 Å². The van der Waals surface area contributed by atoms with Gasteiger partial charge in [0.05, 0.1) is 41.1 Å². The minimum atomic E-state index is -4.62. The van der Waals surface area contributed by atoms with E-state index in [1.807, 2.05) is 29.1 Å². The first-order chi connectivity index (χ1) is 27.3. The predicted octanol–water partition coefficient (Wildman–Crippen LogP) is 5.74. The highest BCUT2D eigenvalue weighted by Gasteiger charge is 2.36. The minimum absolute atomic E-state index is 0.198. The molecule has 302 valence electrons. The predicted molar refractivity (Wildman–Crippen MR) is 209 cm³/mol. The molecule has 18 heteroatoms. The SMILES string of the molecule is COc1cc2nn(C3CCC(CN(C)C4CCN(c5cccc6c5n(C)c(=O)n6C5CCC(=O)NC5=O)CC4)CC3)cc2cc1NC(=O)c1csc(C(F)(F)F)n1. The second-order valence-electron chi connectivity index (χ2n) is 15.4. The smallest absolute Gasteiger partial charge is 0.443 e. The van der Waals surface area contributed by atoms with E-state index in [9.17, 15) is 32.3 Å². The number of thiazole rings is 1. The summed E-state index contributed by atoms with van der Waals surface area (Å²) < 4.78 is 49.7. The number of aromatic nitrogens is 5. The van der Waals surface area contributed by atoms with Gasteiger partial charge in [-0.05, 0) is 76.1 Å². The number of carbonyl (C=O) groups is 3. The molecule has 2 aromatic carbocycles. The van der Waals surface area contributed by atoms with Crippen molar-refractivity contribution in [3.05, 3.63) is 63.1 Å². The van der Waals surface area contributed by atoms with Crippen LogP contribution in [-0.2, 0) is 22.8 Å². The Hall–Kier alpha value is -5.23. The summed E-state index contributed by atoms with van der Waals surface area (Å²) in [6.07, 6.45) is 3.84. The summed E-state index contributed by atoms with van der Waals surface area (Å²) in [4.78, 5) is 59.0. The number of imide groups is 1. The van der Waals surface area contributed by atoms with Gasteiger partial charge in [-0.25, -0.2) is 9.78 Å². The van der Waals surface area contributed by atoms with Crippen molar-refractivity contribution in [1.82, 2.24) is 34.1 Å². The molecule has 2 saturated heterocycles. The Labute approximate surface area is 329 Å². The molecular formula is C39H44F3N9O5S. The van der Waals surface area contributed by atoms with Gasteiger partial charge in [0, 0.05) is 62.2 Å². The van der Waals surface area contributed by atoms with Gasteiger partial charge in [0.15, 0.2) is 5.01 Å². The molecule has 2 N–H and O–H groups in total. The summed E-state index contributed by atoms with van der Waals surface area (Å²) in [5.41, 5.74) is 2.89. The van der Waals surface area contributed by atoms with Crippen LogP contribution in [0.2, 0.25) is 0 Å². The van der Waals surface area contributed by atoms with Crippen LogP contribution in [0, 0.1) is 5.92 Å². The molecule has 0 bridgehead atoms. The van der Waals surface area contributed by atoms with Gasteiger partial charge in [-0.2, -0.15) is 18.3 Å². The maximum atomic E-state index is 13.4. The van der Waals surface area contributed by atoms with E-state index in [1.54, 1.807) is 23.7 Å². The van der Waals surface area contributed by atoms with Crippen LogP contribution in [0.4, 0.5) is 24.5 Å². The second-order valence-corrected chi connectivity index (χ2v) is 16.2. The monoisotopic (exact) mass is 807 g/mol. The lowest BCUT2D eigenvalue weighted by molar-refractivity contribution is -0.138. The Balaban J connectivity index is 0.863. The third-order valence-corrected chi connectivity index (χ3v) is 12.7. The van der Waals surface area contributed by atoms with E-state index in [-0.39, 0.29) is 29.8 Å². The van der Waals surface area contributed by atoms with Crippen LogP contribution in [0.5, 0.6) is 5.75 Å². The zero-order valence-corrected chi connectivity index (χ0v) is 32.7. The number of para-hydroxylation sites is 1. The summed E-state index contributed by atoms with van der Waals surface area (Å²) in [6.45, 7) is 2.68. The lowest BCUT2D eigenvalue weighted by Crippen LogP contribution is -2.45. The molecule has 57 heavy (non-hydrogen) atoms. The Kier molecular flexibility index (Phi) is 10.3. The van der Waals surface area contributed by atoms with Crippen LogP contribution < -0.4 is 26.0 Å². The number of hydrogen-bond donors (Lipinski definition) is 2. The number of fused-ring (bicyclic) bond motifs is 2. The molecule has 1 aliphatic carbocycles. The highest BCUT2D eigenvalue weighted by molar-refractivity contribution is 7.10. The number of benzene rings is 2. The first kappa shape index (κ1) is 38.6. The van der Waals surface area contributed by atoms with Crippen molar-refractivity contribution >= 4 is 62.4 Å². The molecular weight excluding hydrogens is 764 g/mol. The van der Waals surface area contributed by atoms with E-state index in [1.165, 1.54) is 11.7 Å². The Bertz CT molecular complexity index is 2400. The van der Waals surface area contributed by atoms with Crippen molar-refractivity contribution in [2.75, 3.05) is 44.0 Å². The number of aryl methyl sites for hydroxylation is 1. The van der Waals surface area contributed by atoms with Crippen LogP contribution in [-0.4, -0.2) is 86.4 Å². The van der Waals surface area contributed by atoms with Crippen LogP contribution in [0.3, 0.4) is 0 Å². The number of methoxy groups -OCH3 is 1. The van der Waals surface area contributed by atoms with Crippen molar-refractivity contribution in [2.24, 2.45) is 13.0 Å². The molecule has 0 spiro atoms. The standard InChI is InChI=1S/C39H44F3N9O5S/c1-47(24-13-15-49(16-14-24)29-5-4-6-30-34(29)48(2)38(55)51(30)31-11-12-33(52)45-36(31)54)19-22-7-9-25(10-8-22)50-20-23-17-27(32(56-3)18-26(23)46-50)43-35(53)28-21-57-37(44-28)39(40,41)42/h4-6,17-18,20-22,24-25,31H,7-16,19H2,1-3H3,(H,43,53)(H,45,52,54). The van der Waals surface area contributed by atoms with Gasteiger partial charge >= 0.3 is 11.9 Å². The number of ether oxygens (including phenoxy) is 1. The highest BCUT2D eigenvalue weighted by Crippen LogP contribution is 2.37. The van der Waals surface area contributed by atoms with E-state index < -0.39 is 29.0 Å². The van der Waals surface area contributed by atoms with Gasteiger partial charge in [0.1, 0.15) is 17.5 Å². The fraction of sp³-hybridized carbons (Fsp3) is 0.487. The van der Waals surface area contributed by atoms with E-state index in [0.717, 1.165) is 80.1 Å². The number of anilines is 2. The van der Waals surface area contributed by atoms with Gasteiger partial charge < -0.3 is 19.9 Å². The average molecular weight is 808 g/mol. The number of piperidine rings is 2. The number of nitrogens with one attached hydrogen (secondary N) is 2. The van der Waals surface area contributed by atoms with Gasteiger partial charge in [0.25, 0.3) is 5.91 Å². The number of rotatable bonds is 9. The quantitative estimate of drug-likeness (QED) is 0.178. The Morgan fingerprint density at radius 2 is 1.82 bits per heavy atom. The van der Waals surface area contributed by atoms with Crippen LogP contribution in [0.1, 0.15) is 78.9 Å². The maximum Gasteiger partial charge on any atom is 0.443 e. The number of nitrogens with zero attached hydrogens (tertiary/aromatic N) is 7. The molecule has 1 saturated carbocycles. The summed E-state index contributed by atoms with van der Waals surface area (Å²) in [5.74, 6) is -0.618. The first-order valence-corrected chi connectivity index (χ1v) is 20.1. The lowest BCUT2D eigenvalue weighted by atomic mass is 9.85. The van der Waals surface area contributed by atoms with E-state index in [0.29, 0.717) is 52.2 Å². The summed E-state index contributed by atoms with van der Waals surface area (Å²) in [7, 11) is 5.41. The zero-order valence-electron chi connectivity index (χ0n) is 31.8. The summed E-state index contributed by atoms with van der Waals surface area (Å²) in [6, 6.07) is 9.20. The highest BCUT2D eigenvalue weighted by atomic mass is 32.1.